The summed E-state index contributed by atoms with van der Waals surface area (Å²) >= 11 is 0. The number of benzene rings is 2. The summed E-state index contributed by atoms with van der Waals surface area (Å²) in [6.45, 7) is 5.08. The van der Waals surface area contributed by atoms with Crippen molar-refractivity contribution in [2.45, 2.75) is 33.0 Å². The van der Waals surface area contributed by atoms with Crippen LogP contribution in [0, 0.1) is 12.7 Å². The lowest BCUT2D eigenvalue weighted by molar-refractivity contribution is -0.119. The molecule has 1 aliphatic rings. The van der Waals surface area contributed by atoms with Gasteiger partial charge in [-0.2, -0.15) is 0 Å². The minimum Gasteiger partial charge on any atom is -0.465 e. The first-order chi connectivity index (χ1) is 15.9. The zero-order valence-corrected chi connectivity index (χ0v) is 18.6. The molecule has 0 saturated carbocycles. The molecule has 1 atom stereocenters. The molecular weight excluding hydrogens is 425 g/mol. The molecule has 0 spiro atoms. The number of hydrogen-bond acceptors (Lipinski definition) is 5. The molecule has 2 amide bonds. The predicted molar refractivity (Wildman–Crippen MR) is 122 cm³/mol. The van der Waals surface area contributed by atoms with Crippen molar-refractivity contribution in [1.29, 1.82) is 0 Å². The highest BCUT2D eigenvalue weighted by atomic mass is 19.1. The summed E-state index contributed by atoms with van der Waals surface area (Å²) in [4.78, 5) is 24.6. The van der Waals surface area contributed by atoms with Crippen LogP contribution < -0.4 is 15.5 Å². The molecule has 1 saturated heterocycles. The largest absolute Gasteiger partial charge is 0.465 e. The zero-order chi connectivity index (χ0) is 23.4. The van der Waals surface area contributed by atoms with Gasteiger partial charge in [0.15, 0.2) is 0 Å². The van der Waals surface area contributed by atoms with E-state index in [0.29, 0.717) is 24.3 Å². The first-order valence-electron chi connectivity index (χ1n) is 10.8. The Labute approximate surface area is 191 Å². The minimum absolute atomic E-state index is 0.200. The minimum atomic E-state index is -0.556. The molecular formula is C25H26FN3O4. The highest BCUT2D eigenvalue weighted by molar-refractivity contribution is 5.90. The summed E-state index contributed by atoms with van der Waals surface area (Å²) in [5.74, 6) is 1.14. The van der Waals surface area contributed by atoms with E-state index in [9.17, 15) is 14.0 Å². The number of furan rings is 1. The van der Waals surface area contributed by atoms with Crippen LogP contribution in [0.3, 0.4) is 0 Å². The van der Waals surface area contributed by atoms with Gasteiger partial charge in [-0.25, -0.2) is 9.18 Å². The Hall–Kier alpha value is -3.65. The predicted octanol–water partition coefficient (Wildman–Crippen LogP) is 4.15. The SMILES string of the molecule is CC(=O)NCC1CN(c2ccc(-c3ccc(CNCc4ccc(C)o4)cc3)c(F)c2)C(=O)O1. The van der Waals surface area contributed by atoms with Gasteiger partial charge in [0.25, 0.3) is 0 Å². The molecule has 4 rings (SSSR count). The van der Waals surface area contributed by atoms with Crippen molar-refractivity contribution in [3.63, 3.8) is 0 Å². The number of nitrogens with one attached hydrogen (secondary N) is 2. The summed E-state index contributed by atoms with van der Waals surface area (Å²) in [6.07, 6.45) is -1.03. The average Bonchev–Trinajstić information content (AvgIpc) is 3.38. The van der Waals surface area contributed by atoms with Crippen LogP contribution in [0.5, 0.6) is 0 Å². The topological polar surface area (TPSA) is 83.8 Å². The molecule has 1 aliphatic heterocycles. The molecule has 0 aliphatic carbocycles. The fraction of sp³-hybridized carbons (Fsp3) is 0.280. The van der Waals surface area contributed by atoms with Crippen molar-refractivity contribution in [3.8, 4) is 11.1 Å². The number of halogens is 1. The number of amides is 2. The van der Waals surface area contributed by atoms with Gasteiger partial charge < -0.3 is 19.8 Å². The van der Waals surface area contributed by atoms with Gasteiger partial charge in [-0.15, -0.1) is 0 Å². The number of rotatable bonds is 8. The molecule has 33 heavy (non-hydrogen) atoms. The molecule has 1 fully saturated rings. The van der Waals surface area contributed by atoms with E-state index >= 15 is 0 Å². The third kappa shape index (κ3) is 5.59. The number of nitrogens with zero attached hydrogens (tertiary/aromatic N) is 1. The molecule has 1 aromatic heterocycles. The Bertz CT molecular complexity index is 1140. The molecule has 0 radical (unpaired) electrons. The van der Waals surface area contributed by atoms with Crippen LogP contribution in [-0.2, 0) is 22.6 Å². The lowest BCUT2D eigenvalue weighted by atomic mass is 10.0. The van der Waals surface area contributed by atoms with E-state index in [2.05, 4.69) is 10.6 Å². The van der Waals surface area contributed by atoms with E-state index in [-0.39, 0.29) is 19.0 Å². The molecule has 3 aromatic rings. The van der Waals surface area contributed by atoms with Crippen molar-refractivity contribution < 1.29 is 23.1 Å². The number of carbonyl (C=O) groups excluding carboxylic acids is 2. The van der Waals surface area contributed by atoms with Crippen molar-refractivity contribution in [2.24, 2.45) is 0 Å². The smallest absolute Gasteiger partial charge is 0.414 e. The van der Waals surface area contributed by atoms with Gasteiger partial charge in [0.2, 0.25) is 5.91 Å². The molecule has 2 aromatic carbocycles. The maximum Gasteiger partial charge on any atom is 0.414 e. The van der Waals surface area contributed by atoms with Crippen LogP contribution in [0.4, 0.5) is 14.9 Å². The second kappa shape index (κ2) is 9.87. The quantitative estimate of drug-likeness (QED) is 0.538. The lowest BCUT2D eigenvalue weighted by Gasteiger charge is -2.15. The van der Waals surface area contributed by atoms with Gasteiger partial charge in [0, 0.05) is 19.0 Å². The van der Waals surface area contributed by atoms with E-state index in [1.54, 1.807) is 12.1 Å². The number of aryl methyl sites for hydroxylation is 1. The fourth-order valence-corrected chi connectivity index (χ4v) is 3.71. The van der Waals surface area contributed by atoms with Gasteiger partial charge in [-0.3, -0.25) is 9.69 Å². The van der Waals surface area contributed by atoms with Crippen molar-refractivity contribution in [1.82, 2.24) is 10.6 Å². The third-order valence-corrected chi connectivity index (χ3v) is 5.41. The fourth-order valence-electron chi connectivity index (χ4n) is 3.71. The van der Waals surface area contributed by atoms with Crippen LogP contribution in [-0.4, -0.2) is 31.2 Å². The summed E-state index contributed by atoms with van der Waals surface area (Å²) in [5, 5.41) is 5.95. The van der Waals surface area contributed by atoms with Gasteiger partial charge >= 0.3 is 6.09 Å². The Morgan fingerprint density at radius 2 is 1.91 bits per heavy atom. The number of ether oxygens (including phenoxy) is 1. The Kier molecular flexibility index (Phi) is 6.74. The summed E-state index contributed by atoms with van der Waals surface area (Å²) in [6, 6.07) is 16.2. The van der Waals surface area contributed by atoms with Gasteiger partial charge in [0.05, 0.1) is 25.3 Å². The van der Waals surface area contributed by atoms with E-state index < -0.39 is 18.0 Å². The van der Waals surface area contributed by atoms with Crippen LogP contribution in [0.1, 0.15) is 24.0 Å². The number of carbonyl (C=O) groups is 2. The Morgan fingerprint density at radius 1 is 1.12 bits per heavy atom. The standard InChI is InChI=1S/C25H26FN3O4/c1-16-3-9-21(32-16)13-27-12-18-4-6-19(7-5-18)23-10-8-20(11-24(23)26)29-15-22(33-25(29)31)14-28-17(2)30/h3-11,22,27H,12-15H2,1-2H3,(H,28,30). The monoisotopic (exact) mass is 451 g/mol. The van der Waals surface area contributed by atoms with Gasteiger partial charge in [-0.05, 0) is 48.4 Å². The maximum absolute atomic E-state index is 14.9. The first kappa shape index (κ1) is 22.5. The highest BCUT2D eigenvalue weighted by Crippen LogP contribution is 2.29. The number of anilines is 1. The van der Waals surface area contributed by atoms with E-state index in [1.807, 2.05) is 43.3 Å². The summed E-state index contributed by atoms with van der Waals surface area (Å²) < 4.78 is 25.7. The van der Waals surface area contributed by atoms with Crippen LogP contribution in [0.25, 0.3) is 11.1 Å². The van der Waals surface area contributed by atoms with E-state index in [4.69, 9.17) is 9.15 Å². The molecule has 8 heteroatoms. The third-order valence-electron chi connectivity index (χ3n) is 5.41. The molecule has 172 valence electrons. The number of hydrogen-bond donors (Lipinski definition) is 2. The molecule has 0 bridgehead atoms. The molecule has 7 nitrogen and oxygen atoms in total. The van der Waals surface area contributed by atoms with Crippen molar-refractivity contribution in [2.75, 3.05) is 18.0 Å². The van der Waals surface area contributed by atoms with E-state index in [0.717, 1.165) is 22.6 Å². The van der Waals surface area contributed by atoms with Crippen LogP contribution >= 0.6 is 0 Å². The second-order valence-corrected chi connectivity index (χ2v) is 8.03. The second-order valence-electron chi connectivity index (χ2n) is 8.03. The molecule has 2 N–H and O–H groups in total. The van der Waals surface area contributed by atoms with Crippen molar-refractivity contribution in [3.05, 3.63) is 77.5 Å². The lowest BCUT2D eigenvalue weighted by Crippen LogP contribution is -2.33. The van der Waals surface area contributed by atoms with Crippen LogP contribution in [0.2, 0.25) is 0 Å². The Balaban J connectivity index is 1.37. The molecule has 1 unspecified atom stereocenters. The number of cyclic esters (lactones) is 1. The normalized spacial score (nSPS) is 15.5. The van der Waals surface area contributed by atoms with Crippen molar-refractivity contribution >= 4 is 17.7 Å². The summed E-state index contributed by atoms with van der Waals surface area (Å²) in [7, 11) is 0. The molecule has 2 heterocycles. The average molecular weight is 451 g/mol. The van der Waals surface area contributed by atoms with E-state index in [1.165, 1.54) is 17.9 Å². The first-order valence-corrected chi connectivity index (χ1v) is 10.8. The van der Waals surface area contributed by atoms with Gasteiger partial charge in [-0.1, -0.05) is 24.3 Å². The summed E-state index contributed by atoms with van der Waals surface area (Å²) in [5.41, 5.74) is 2.69. The maximum atomic E-state index is 14.9. The van der Waals surface area contributed by atoms with Gasteiger partial charge in [0.1, 0.15) is 23.4 Å². The zero-order valence-electron chi connectivity index (χ0n) is 18.6. The van der Waals surface area contributed by atoms with Crippen LogP contribution in [0.15, 0.2) is 59.0 Å². The Morgan fingerprint density at radius 3 is 2.58 bits per heavy atom. The highest BCUT2D eigenvalue weighted by Gasteiger charge is 2.32.